The normalized spacial score (nSPS) is 12.8. The van der Waals surface area contributed by atoms with Gasteiger partial charge in [-0.2, -0.15) is 0 Å². The Balaban J connectivity index is 1.57. The van der Waals surface area contributed by atoms with Crippen LogP contribution in [0.2, 0.25) is 0 Å². The van der Waals surface area contributed by atoms with Gasteiger partial charge < -0.3 is 14.8 Å². The van der Waals surface area contributed by atoms with E-state index < -0.39 is 5.97 Å². The maximum Gasteiger partial charge on any atom is 0.337 e. The molecule has 1 N–H and O–H groups in total. The first-order chi connectivity index (χ1) is 12.2. The van der Waals surface area contributed by atoms with Crippen LogP contribution in [0.25, 0.3) is 0 Å². The zero-order valence-corrected chi connectivity index (χ0v) is 14.2. The molecular weight excluding hydrogens is 318 g/mol. The third kappa shape index (κ3) is 4.18. The van der Waals surface area contributed by atoms with E-state index in [0.29, 0.717) is 11.3 Å². The second-order valence-electron chi connectivity index (χ2n) is 6.01. The molecule has 0 atom stereocenters. The van der Waals surface area contributed by atoms with Gasteiger partial charge in [-0.25, -0.2) is 4.79 Å². The first kappa shape index (κ1) is 17.0. The number of anilines is 1. The predicted octanol–water partition coefficient (Wildman–Crippen LogP) is 3.37. The van der Waals surface area contributed by atoms with Gasteiger partial charge >= 0.3 is 5.97 Å². The lowest BCUT2D eigenvalue weighted by Gasteiger charge is -2.19. The lowest BCUT2D eigenvalue weighted by molar-refractivity contribution is -0.118. The second-order valence-corrected chi connectivity index (χ2v) is 6.01. The highest BCUT2D eigenvalue weighted by Gasteiger charge is 2.14. The van der Waals surface area contributed by atoms with Crippen molar-refractivity contribution in [1.82, 2.24) is 0 Å². The molecule has 1 aliphatic rings. The number of esters is 1. The molecule has 0 fully saturated rings. The highest BCUT2D eigenvalue weighted by Crippen LogP contribution is 2.29. The van der Waals surface area contributed by atoms with Crippen molar-refractivity contribution in [3.63, 3.8) is 0 Å². The SMILES string of the molecule is COC(=O)c1ccc(NC(=O)COc2cccc3c2CCCC3)cc1. The van der Waals surface area contributed by atoms with Crippen LogP contribution in [0.15, 0.2) is 42.5 Å². The Kier molecular flexibility index (Phi) is 5.33. The molecule has 130 valence electrons. The van der Waals surface area contributed by atoms with Crippen molar-refractivity contribution in [2.75, 3.05) is 19.0 Å². The molecule has 0 unspecified atom stereocenters. The summed E-state index contributed by atoms with van der Waals surface area (Å²) >= 11 is 0. The lowest BCUT2D eigenvalue weighted by Crippen LogP contribution is -2.21. The van der Waals surface area contributed by atoms with E-state index in [1.165, 1.54) is 24.7 Å². The van der Waals surface area contributed by atoms with Crippen molar-refractivity contribution in [3.8, 4) is 5.75 Å². The molecule has 5 heteroatoms. The fraction of sp³-hybridized carbons (Fsp3) is 0.300. The summed E-state index contributed by atoms with van der Waals surface area (Å²) in [5.41, 5.74) is 3.59. The zero-order valence-electron chi connectivity index (χ0n) is 14.2. The van der Waals surface area contributed by atoms with Crippen molar-refractivity contribution in [2.24, 2.45) is 0 Å². The minimum atomic E-state index is -0.407. The van der Waals surface area contributed by atoms with Crippen LogP contribution in [0.4, 0.5) is 5.69 Å². The average Bonchev–Trinajstić information content (AvgIpc) is 2.66. The van der Waals surface area contributed by atoms with Crippen LogP contribution in [0.5, 0.6) is 5.75 Å². The highest BCUT2D eigenvalue weighted by molar-refractivity contribution is 5.93. The van der Waals surface area contributed by atoms with Gasteiger partial charge in [-0.3, -0.25) is 4.79 Å². The number of carbonyl (C=O) groups is 2. The molecule has 2 aromatic rings. The van der Waals surface area contributed by atoms with E-state index in [9.17, 15) is 9.59 Å². The van der Waals surface area contributed by atoms with Crippen molar-refractivity contribution in [3.05, 3.63) is 59.2 Å². The summed E-state index contributed by atoms with van der Waals surface area (Å²) < 4.78 is 10.4. The molecule has 0 aliphatic heterocycles. The quantitative estimate of drug-likeness (QED) is 0.848. The smallest absolute Gasteiger partial charge is 0.337 e. The number of nitrogens with one attached hydrogen (secondary N) is 1. The number of carbonyl (C=O) groups excluding carboxylic acids is 2. The number of methoxy groups -OCH3 is 1. The van der Waals surface area contributed by atoms with Crippen LogP contribution in [-0.4, -0.2) is 25.6 Å². The number of fused-ring (bicyclic) bond motifs is 1. The van der Waals surface area contributed by atoms with E-state index >= 15 is 0 Å². The van der Waals surface area contributed by atoms with Gasteiger partial charge in [0.1, 0.15) is 5.75 Å². The Morgan fingerprint density at radius 3 is 2.56 bits per heavy atom. The lowest BCUT2D eigenvalue weighted by atomic mass is 9.91. The van der Waals surface area contributed by atoms with E-state index in [1.807, 2.05) is 12.1 Å². The van der Waals surface area contributed by atoms with Crippen LogP contribution in [-0.2, 0) is 22.4 Å². The Morgan fingerprint density at radius 2 is 1.80 bits per heavy atom. The zero-order chi connectivity index (χ0) is 17.6. The number of ether oxygens (including phenoxy) is 2. The molecule has 1 aliphatic carbocycles. The Bertz CT molecular complexity index is 768. The second kappa shape index (κ2) is 7.83. The Hall–Kier alpha value is -2.82. The number of benzene rings is 2. The molecule has 0 saturated carbocycles. The van der Waals surface area contributed by atoms with Crippen LogP contribution < -0.4 is 10.1 Å². The minimum absolute atomic E-state index is 0.0464. The summed E-state index contributed by atoms with van der Waals surface area (Å²) in [6, 6.07) is 12.6. The monoisotopic (exact) mass is 339 g/mol. The summed E-state index contributed by atoms with van der Waals surface area (Å²) in [7, 11) is 1.33. The van der Waals surface area contributed by atoms with Crippen LogP contribution in [0.3, 0.4) is 0 Å². The van der Waals surface area contributed by atoms with Crippen LogP contribution in [0, 0.1) is 0 Å². The maximum absolute atomic E-state index is 12.1. The average molecular weight is 339 g/mol. The first-order valence-electron chi connectivity index (χ1n) is 8.39. The number of aryl methyl sites for hydroxylation is 1. The Labute approximate surface area is 147 Å². The van der Waals surface area contributed by atoms with Crippen LogP contribution in [0.1, 0.15) is 34.3 Å². The van der Waals surface area contributed by atoms with Gasteiger partial charge in [0.05, 0.1) is 12.7 Å². The summed E-state index contributed by atoms with van der Waals surface area (Å²) in [6.45, 7) is -0.0464. The van der Waals surface area contributed by atoms with E-state index in [4.69, 9.17) is 4.74 Å². The van der Waals surface area contributed by atoms with Gasteiger partial charge in [0.15, 0.2) is 6.61 Å². The Morgan fingerprint density at radius 1 is 1.04 bits per heavy atom. The van der Waals surface area contributed by atoms with Crippen molar-refractivity contribution >= 4 is 17.6 Å². The molecule has 1 amide bonds. The summed E-state index contributed by atoms with van der Waals surface area (Å²) in [6.07, 6.45) is 4.44. The summed E-state index contributed by atoms with van der Waals surface area (Å²) in [5.74, 6) is 0.155. The molecule has 25 heavy (non-hydrogen) atoms. The fourth-order valence-corrected chi connectivity index (χ4v) is 3.03. The van der Waals surface area contributed by atoms with E-state index in [-0.39, 0.29) is 12.5 Å². The number of hydrogen-bond acceptors (Lipinski definition) is 4. The van der Waals surface area contributed by atoms with Gasteiger partial charge in [0, 0.05) is 5.69 Å². The van der Waals surface area contributed by atoms with Gasteiger partial charge in [0.2, 0.25) is 0 Å². The standard InChI is InChI=1S/C20H21NO4/c1-24-20(23)15-9-11-16(12-10-15)21-19(22)13-25-18-8-4-6-14-5-2-3-7-17(14)18/h4,6,8-12H,2-3,5,7,13H2,1H3,(H,21,22). The molecule has 5 nitrogen and oxygen atoms in total. The molecule has 2 aromatic carbocycles. The predicted molar refractivity (Wildman–Crippen MR) is 95.0 cm³/mol. The molecule has 0 radical (unpaired) electrons. The molecule has 0 aromatic heterocycles. The van der Waals surface area contributed by atoms with E-state index in [0.717, 1.165) is 25.0 Å². The summed E-state index contributed by atoms with van der Waals surface area (Å²) in [5, 5.41) is 2.76. The number of rotatable bonds is 5. The minimum Gasteiger partial charge on any atom is -0.483 e. The van der Waals surface area contributed by atoms with Crippen molar-refractivity contribution < 1.29 is 19.1 Å². The third-order valence-corrected chi connectivity index (χ3v) is 4.30. The van der Waals surface area contributed by atoms with E-state index in [1.54, 1.807) is 24.3 Å². The maximum atomic E-state index is 12.1. The first-order valence-corrected chi connectivity index (χ1v) is 8.39. The van der Waals surface area contributed by atoms with Crippen molar-refractivity contribution in [1.29, 1.82) is 0 Å². The van der Waals surface area contributed by atoms with Crippen LogP contribution >= 0.6 is 0 Å². The molecule has 3 rings (SSSR count). The fourth-order valence-electron chi connectivity index (χ4n) is 3.03. The molecule has 0 spiro atoms. The molecular formula is C20H21NO4. The highest BCUT2D eigenvalue weighted by atomic mass is 16.5. The number of amides is 1. The summed E-state index contributed by atoms with van der Waals surface area (Å²) in [4.78, 5) is 23.5. The number of hydrogen-bond donors (Lipinski definition) is 1. The molecule has 0 heterocycles. The molecule has 0 saturated heterocycles. The van der Waals surface area contributed by atoms with Gasteiger partial charge in [-0.15, -0.1) is 0 Å². The van der Waals surface area contributed by atoms with Gasteiger partial charge in [-0.1, -0.05) is 12.1 Å². The van der Waals surface area contributed by atoms with Gasteiger partial charge in [0.25, 0.3) is 5.91 Å². The largest absolute Gasteiger partial charge is 0.483 e. The molecule has 0 bridgehead atoms. The van der Waals surface area contributed by atoms with Gasteiger partial charge in [-0.05, 0) is 67.1 Å². The topological polar surface area (TPSA) is 64.6 Å². The van der Waals surface area contributed by atoms with Crippen molar-refractivity contribution in [2.45, 2.75) is 25.7 Å². The third-order valence-electron chi connectivity index (χ3n) is 4.30. The van der Waals surface area contributed by atoms with E-state index in [2.05, 4.69) is 16.1 Å².